The fourth-order valence-corrected chi connectivity index (χ4v) is 2.85. The van der Waals surface area contributed by atoms with E-state index < -0.39 is 0 Å². The van der Waals surface area contributed by atoms with Gasteiger partial charge in [0.15, 0.2) is 0 Å². The highest BCUT2D eigenvalue weighted by molar-refractivity contribution is 5.22. The van der Waals surface area contributed by atoms with Crippen molar-refractivity contribution in [3.8, 4) is 0 Å². The highest BCUT2D eigenvalue weighted by Gasteiger charge is 2.14. The molecule has 0 bridgehead atoms. The molecule has 0 spiro atoms. The normalized spacial score (nSPS) is 23.6. The lowest BCUT2D eigenvalue weighted by Crippen LogP contribution is -2.16. The molecular weight excluding hydrogens is 206 g/mol. The Morgan fingerprint density at radius 1 is 0.765 bits per heavy atom. The van der Waals surface area contributed by atoms with Crippen LogP contribution in [0.1, 0.15) is 57.8 Å². The van der Waals surface area contributed by atoms with E-state index >= 15 is 0 Å². The largest absolute Gasteiger partial charge is 0.365 e. The third kappa shape index (κ3) is 4.41. The van der Waals surface area contributed by atoms with Gasteiger partial charge in [-0.2, -0.15) is 0 Å². The Bertz CT molecular complexity index is 289. The SMILES string of the molecule is C1=CC=C(C2CCCCCCCCC2)NC=C1. The van der Waals surface area contributed by atoms with Crippen molar-refractivity contribution in [2.75, 3.05) is 0 Å². The Morgan fingerprint density at radius 3 is 2.12 bits per heavy atom. The van der Waals surface area contributed by atoms with Crippen LogP contribution < -0.4 is 5.32 Å². The smallest absolute Gasteiger partial charge is 0.0178 e. The second-order valence-electron chi connectivity index (χ2n) is 5.26. The molecule has 0 amide bonds. The number of hydrogen-bond acceptors (Lipinski definition) is 1. The summed E-state index contributed by atoms with van der Waals surface area (Å²) in [7, 11) is 0. The van der Waals surface area contributed by atoms with Crippen LogP contribution >= 0.6 is 0 Å². The molecule has 0 radical (unpaired) electrons. The molecule has 1 aliphatic heterocycles. The maximum atomic E-state index is 3.45. The van der Waals surface area contributed by atoms with Gasteiger partial charge in [0.25, 0.3) is 0 Å². The fourth-order valence-electron chi connectivity index (χ4n) is 2.85. The van der Waals surface area contributed by atoms with E-state index in [0.29, 0.717) is 0 Å². The lowest BCUT2D eigenvalue weighted by molar-refractivity contribution is 0.420. The summed E-state index contributed by atoms with van der Waals surface area (Å²) in [6.07, 6.45) is 23.4. The molecule has 0 aromatic rings. The minimum atomic E-state index is 0.750. The first-order valence-electron chi connectivity index (χ1n) is 7.27. The number of allylic oxidation sites excluding steroid dienone is 5. The van der Waals surface area contributed by atoms with Gasteiger partial charge in [0.1, 0.15) is 0 Å². The van der Waals surface area contributed by atoms with Gasteiger partial charge < -0.3 is 5.32 Å². The first-order valence-corrected chi connectivity index (χ1v) is 7.27. The van der Waals surface area contributed by atoms with Crippen molar-refractivity contribution >= 4 is 0 Å². The van der Waals surface area contributed by atoms with E-state index in [2.05, 4.69) is 35.8 Å². The molecule has 0 unspecified atom stereocenters. The van der Waals surface area contributed by atoms with Crippen molar-refractivity contribution in [3.05, 3.63) is 36.2 Å². The first-order chi connectivity index (χ1) is 8.47. The predicted octanol–water partition coefficient (Wildman–Crippen LogP) is 4.68. The van der Waals surface area contributed by atoms with Crippen molar-refractivity contribution in [2.45, 2.75) is 57.8 Å². The quantitative estimate of drug-likeness (QED) is 0.690. The summed E-state index contributed by atoms with van der Waals surface area (Å²) in [5.74, 6) is 0.750. The van der Waals surface area contributed by atoms with Crippen molar-refractivity contribution in [1.82, 2.24) is 5.32 Å². The highest BCUT2D eigenvalue weighted by Crippen LogP contribution is 2.26. The standard InChI is InChI=1S/C16H25N/c1-2-4-7-11-15(12-8-5-3-1)16-13-9-6-10-14-17-16/h6,9-10,13-15,17H,1-5,7-8,11-12H2. The van der Waals surface area contributed by atoms with Crippen LogP contribution in [0.15, 0.2) is 36.2 Å². The zero-order chi connectivity index (χ0) is 11.8. The van der Waals surface area contributed by atoms with Crippen molar-refractivity contribution in [2.24, 2.45) is 5.92 Å². The van der Waals surface area contributed by atoms with Gasteiger partial charge in [-0.15, -0.1) is 0 Å². The third-order valence-electron chi connectivity index (χ3n) is 3.89. The van der Waals surface area contributed by atoms with Crippen molar-refractivity contribution in [3.63, 3.8) is 0 Å². The van der Waals surface area contributed by atoms with E-state index in [-0.39, 0.29) is 0 Å². The predicted molar refractivity (Wildman–Crippen MR) is 74.5 cm³/mol. The van der Waals surface area contributed by atoms with Crippen LogP contribution in [0.3, 0.4) is 0 Å². The zero-order valence-electron chi connectivity index (χ0n) is 10.8. The maximum absolute atomic E-state index is 3.45. The van der Waals surface area contributed by atoms with Gasteiger partial charge in [-0.3, -0.25) is 0 Å². The lowest BCUT2D eigenvalue weighted by Gasteiger charge is -2.21. The van der Waals surface area contributed by atoms with Gasteiger partial charge >= 0.3 is 0 Å². The molecule has 1 N–H and O–H groups in total. The molecule has 0 aromatic heterocycles. The van der Waals surface area contributed by atoms with Gasteiger partial charge in [0, 0.05) is 11.9 Å². The summed E-state index contributed by atoms with van der Waals surface area (Å²) in [4.78, 5) is 0. The van der Waals surface area contributed by atoms with Crippen LogP contribution in [0, 0.1) is 5.92 Å². The number of hydrogen-bond donors (Lipinski definition) is 1. The molecule has 1 aliphatic carbocycles. The fraction of sp³-hybridized carbons (Fsp3) is 0.625. The van der Waals surface area contributed by atoms with Crippen LogP contribution in [0.2, 0.25) is 0 Å². The average molecular weight is 231 g/mol. The molecule has 17 heavy (non-hydrogen) atoms. The van der Waals surface area contributed by atoms with E-state index in [1.54, 1.807) is 0 Å². The molecular formula is C16H25N. The molecule has 1 heteroatoms. The maximum Gasteiger partial charge on any atom is 0.0178 e. The molecule has 0 saturated heterocycles. The Hall–Kier alpha value is -0.980. The molecule has 94 valence electrons. The van der Waals surface area contributed by atoms with Gasteiger partial charge in [-0.05, 0) is 30.9 Å². The van der Waals surface area contributed by atoms with Gasteiger partial charge in [0.05, 0.1) is 0 Å². The van der Waals surface area contributed by atoms with E-state index in [9.17, 15) is 0 Å². The number of nitrogens with one attached hydrogen (secondary N) is 1. The zero-order valence-corrected chi connectivity index (χ0v) is 10.8. The molecule has 1 saturated carbocycles. The Morgan fingerprint density at radius 2 is 1.41 bits per heavy atom. The van der Waals surface area contributed by atoms with Gasteiger partial charge in [0.2, 0.25) is 0 Å². The second kappa shape index (κ2) is 7.37. The topological polar surface area (TPSA) is 12.0 Å². The van der Waals surface area contributed by atoms with Gasteiger partial charge in [-0.25, -0.2) is 0 Å². The van der Waals surface area contributed by atoms with Gasteiger partial charge in [-0.1, -0.05) is 57.1 Å². The summed E-state index contributed by atoms with van der Waals surface area (Å²) in [6.45, 7) is 0. The minimum Gasteiger partial charge on any atom is -0.365 e. The number of rotatable bonds is 1. The van der Waals surface area contributed by atoms with Crippen LogP contribution in [0.5, 0.6) is 0 Å². The van der Waals surface area contributed by atoms with E-state index in [1.165, 1.54) is 63.5 Å². The summed E-state index contributed by atoms with van der Waals surface area (Å²) < 4.78 is 0. The molecule has 2 rings (SSSR count). The monoisotopic (exact) mass is 231 g/mol. The highest BCUT2D eigenvalue weighted by atomic mass is 14.9. The minimum absolute atomic E-state index is 0.750. The van der Waals surface area contributed by atoms with Crippen LogP contribution in [0.4, 0.5) is 0 Å². The molecule has 0 aromatic carbocycles. The second-order valence-corrected chi connectivity index (χ2v) is 5.26. The van der Waals surface area contributed by atoms with Crippen molar-refractivity contribution in [1.29, 1.82) is 0 Å². The Labute approximate surface area is 106 Å². The average Bonchev–Trinajstić information content (AvgIpc) is 2.64. The first kappa shape index (κ1) is 12.5. The van der Waals surface area contributed by atoms with E-state index in [0.717, 1.165) is 5.92 Å². The lowest BCUT2D eigenvalue weighted by atomic mass is 9.89. The Balaban J connectivity index is 1.93. The summed E-state index contributed by atoms with van der Waals surface area (Å²) in [5.41, 5.74) is 1.43. The van der Waals surface area contributed by atoms with Crippen LogP contribution in [0.25, 0.3) is 0 Å². The molecule has 1 heterocycles. The summed E-state index contributed by atoms with van der Waals surface area (Å²) in [5, 5.41) is 3.45. The van der Waals surface area contributed by atoms with Crippen LogP contribution in [-0.4, -0.2) is 0 Å². The van der Waals surface area contributed by atoms with Crippen molar-refractivity contribution < 1.29 is 0 Å². The Kier molecular flexibility index (Phi) is 5.41. The van der Waals surface area contributed by atoms with Crippen LogP contribution in [-0.2, 0) is 0 Å². The molecule has 2 aliphatic rings. The summed E-state index contributed by atoms with van der Waals surface area (Å²) >= 11 is 0. The van der Waals surface area contributed by atoms with E-state index in [4.69, 9.17) is 0 Å². The molecule has 1 fully saturated rings. The summed E-state index contributed by atoms with van der Waals surface area (Å²) in [6, 6.07) is 0. The third-order valence-corrected chi connectivity index (χ3v) is 3.89. The van der Waals surface area contributed by atoms with E-state index in [1.807, 2.05) is 0 Å². The molecule has 0 atom stereocenters. The molecule has 1 nitrogen and oxygen atoms in total.